The van der Waals surface area contributed by atoms with Gasteiger partial charge >= 0.3 is 12.4 Å². The lowest BCUT2D eigenvalue weighted by atomic mass is 9.67. The average Bonchev–Trinajstić information content (AvgIpc) is 3.63. The van der Waals surface area contributed by atoms with Crippen LogP contribution in [0.2, 0.25) is 0 Å². The van der Waals surface area contributed by atoms with Crippen molar-refractivity contribution in [3.63, 3.8) is 0 Å². The number of hydrogen-bond acceptors (Lipinski definition) is 3. The van der Waals surface area contributed by atoms with Crippen LogP contribution in [-0.4, -0.2) is 35.6 Å². The van der Waals surface area contributed by atoms with Gasteiger partial charge in [0.25, 0.3) is 0 Å². The molecule has 2 aliphatic carbocycles. The van der Waals surface area contributed by atoms with E-state index in [4.69, 9.17) is 9.47 Å². The minimum Gasteiger partial charge on any atom is -0.491 e. The Morgan fingerprint density at radius 3 is 1.67 bits per heavy atom. The Labute approximate surface area is 368 Å². The van der Waals surface area contributed by atoms with E-state index in [1.165, 1.54) is 24.3 Å². The Morgan fingerprint density at radius 1 is 0.619 bits per heavy atom. The third-order valence-corrected chi connectivity index (χ3v) is 13.6. The van der Waals surface area contributed by atoms with Crippen molar-refractivity contribution in [2.24, 2.45) is 0 Å². The Morgan fingerprint density at radius 2 is 1.13 bits per heavy atom. The molecule has 4 aromatic rings. The Kier molecular flexibility index (Phi) is 12.7. The maximum absolute atomic E-state index is 14.4. The second kappa shape index (κ2) is 17.9. The second-order valence-electron chi connectivity index (χ2n) is 18.5. The van der Waals surface area contributed by atoms with Crippen molar-refractivity contribution in [3.8, 4) is 11.5 Å². The highest BCUT2D eigenvalue weighted by Crippen LogP contribution is 2.57. The molecule has 4 aliphatic rings. The number of allylic oxidation sites excluding steroid dienone is 4. The third-order valence-electron chi connectivity index (χ3n) is 13.6. The molecule has 8 rings (SSSR count). The normalized spacial score (nSPS) is 19.0. The van der Waals surface area contributed by atoms with Gasteiger partial charge in [0, 0.05) is 47.5 Å². The van der Waals surface area contributed by atoms with E-state index in [0.29, 0.717) is 25.9 Å². The summed E-state index contributed by atoms with van der Waals surface area (Å²) in [6, 6.07) is 24.5. The SMILES string of the molecule is CC(C)Oc1ccc(CCN2/C(=C/C=C/C3=[N+](CCc4ccc(OC(C)C)cc4)c4ccc(C(F)(F)F)cc4C34CCCCC4)C3(CCCCC3)c3cc(C(F)(F)F)ccc32)cc1. The van der Waals surface area contributed by atoms with Crippen LogP contribution in [0.3, 0.4) is 0 Å². The monoisotopic (exact) mass is 869 g/mol. The first-order valence-corrected chi connectivity index (χ1v) is 22.8. The van der Waals surface area contributed by atoms with Gasteiger partial charge in [-0.3, -0.25) is 0 Å². The van der Waals surface area contributed by atoms with Crippen LogP contribution in [0.25, 0.3) is 0 Å². The highest BCUT2D eigenvalue weighted by Gasteiger charge is 2.53. The molecule has 0 bridgehead atoms. The van der Waals surface area contributed by atoms with Crippen LogP contribution in [0.15, 0.2) is 109 Å². The number of halogens is 6. The lowest BCUT2D eigenvalue weighted by molar-refractivity contribution is -0.437. The molecular formula is C53H59F6N2O2+. The molecule has 2 heterocycles. The number of anilines is 1. The van der Waals surface area contributed by atoms with Crippen LogP contribution in [0.5, 0.6) is 11.5 Å². The quantitative estimate of drug-likeness (QED) is 0.105. The van der Waals surface area contributed by atoms with Crippen LogP contribution >= 0.6 is 0 Å². The van der Waals surface area contributed by atoms with E-state index in [0.717, 1.165) is 121 Å². The molecule has 2 fully saturated rings. The first-order valence-electron chi connectivity index (χ1n) is 22.8. The fourth-order valence-electron chi connectivity index (χ4n) is 10.8. The summed E-state index contributed by atoms with van der Waals surface area (Å²) in [5, 5.41) is 0. The number of benzene rings is 4. The molecule has 0 aromatic heterocycles. The maximum atomic E-state index is 14.4. The first-order chi connectivity index (χ1) is 30.1. The molecule has 63 heavy (non-hydrogen) atoms. The molecule has 2 saturated carbocycles. The number of nitrogens with zero attached hydrogens (tertiary/aromatic N) is 2. The summed E-state index contributed by atoms with van der Waals surface area (Å²) in [6.07, 6.45) is 7.28. The van der Waals surface area contributed by atoms with Crippen LogP contribution < -0.4 is 14.4 Å². The molecule has 0 unspecified atom stereocenters. The summed E-state index contributed by atoms with van der Waals surface area (Å²) in [6.45, 7) is 9.05. The molecule has 0 N–H and O–H groups in total. The van der Waals surface area contributed by atoms with Gasteiger partial charge in [-0.1, -0.05) is 68.9 Å². The molecule has 0 atom stereocenters. The Hall–Kier alpha value is -4.99. The van der Waals surface area contributed by atoms with Gasteiger partial charge in [0.2, 0.25) is 5.69 Å². The minimum absolute atomic E-state index is 0.0438. The largest absolute Gasteiger partial charge is 0.491 e. The molecule has 4 nitrogen and oxygen atoms in total. The van der Waals surface area contributed by atoms with E-state index in [2.05, 4.69) is 21.6 Å². The summed E-state index contributed by atoms with van der Waals surface area (Å²) in [4.78, 5) is 2.23. The zero-order valence-electron chi connectivity index (χ0n) is 36.8. The molecule has 0 radical (unpaired) electrons. The zero-order valence-corrected chi connectivity index (χ0v) is 36.8. The topological polar surface area (TPSA) is 24.7 Å². The predicted molar refractivity (Wildman–Crippen MR) is 239 cm³/mol. The molecular weight excluding hydrogens is 811 g/mol. The van der Waals surface area contributed by atoms with Crippen LogP contribution in [0.4, 0.5) is 37.7 Å². The van der Waals surface area contributed by atoms with Crippen LogP contribution in [-0.2, 0) is 36.0 Å². The maximum Gasteiger partial charge on any atom is 0.416 e. The number of fused-ring (bicyclic) bond motifs is 4. The van der Waals surface area contributed by atoms with E-state index < -0.39 is 34.3 Å². The van der Waals surface area contributed by atoms with Gasteiger partial charge in [0.15, 0.2) is 12.3 Å². The minimum atomic E-state index is -4.48. The molecule has 2 spiro atoms. The number of alkyl halides is 6. The highest BCUT2D eigenvalue weighted by molar-refractivity contribution is 6.04. The van der Waals surface area contributed by atoms with Crippen LogP contribution in [0.1, 0.15) is 125 Å². The first kappa shape index (κ1) is 44.6. The van der Waals surface area contributed by atoms with Gasteiger partial charge in [-0.15, -0.1) is 0 Å². The fraction of sp³-hybridized carbons (Fsp3) is 0.453. The smallest absolute Gasteiger partial charge is 0.416 e. The summed E-state index contributed by atoms with van der Waals surface area (Å²) in [5.41, 5.74) is 4.73. The van der Waals surface area contributed by atoms with Gasteiger partial charge in [-0.2, -0.15) is 30.9 Å². The standard InChI is InChI=1S/C53H59F6N2O2/c1-36(2)62-42-20-14-38(15-21-42)26-32-60-46-24-18-40(52(54,55)56)34-44(46)50(28-7-5-8-29-50)48(60)12-11-13-49-51(30-9-6-10-31-51)45-35-41(53(57,58)59)19-25-47(45)61(49)33-27-39-16-22-43(23-17-39)63-37(3)4/h11-25,34-37H,5-10,26-33H2,1-4H3/q+1. The van der Waals surface area contributed by atoms with E-state index in [1.807, 2.05) is 82.3 Å². The zero-order chi connectivity index (χ0) is 44.6. The van der Waals surface area contributed by atoms with Crippen LogP contribution in [0, 0.1) is 0 Å². The van der Waals surface area contributed by atoms with Gasteiger partial charge in [-0.05, 0) is 137 Å². The van der Waals surface area contributed by atoms with Crippen molar-refractivity contribution < 1.29 is 40.4 Å². The third kappa shape index (κ3) is 9.19. The second-order valence-corrected chi connectivity index (χ2v) is 18.5. The van der Waals surface area contributed by atoms with Crippen molar-refractivity contribution in [3.05, 3.63) is 142 Å². The fourth-order valence-corrected chi connectivity index (χ4v) is 10.8. The highest BCUT2D eigenvalue weighted by atomic mass is 19.4. The van der Waals surface area contributed by atoms with Gasteiger partial charge in [-0.25, -0.2) is 0 Å². The molecule has 4 aromatic carbocycles. The van der Waals surface area contributed by atoms with Crippen molar-refractivity contribution in [2.45, 2.75) is 140 Å². The lowest BCUT2D eigenvalue weighted by Crippen LogP contribution is -2.37. The van der Waals surface area contributed by atoms with E-state index >= 15 is 0 Å². The predicted octanol–water partition coefficient (Wildman–Crippen LogP) is 14.2. The Balaban J connectivity index is 1.22. The van der Waals surface area contributed by atoms with E-state index in [1.54, 1.807) is 12.1 Å². The average molecular weight is 870 g/mol. The van der Waals surface area contributed by atoms with E-state index in [9.17, 15) is 26.3 Å². The number of rotatable bonds is 12. The van der Waals surface area contributed by atoms with E-state index in [-0.39, 0.29) is 12.2 Å². The Bertz CT molecular complexity index is 2340. The summed E-state index contributed by atoms with van der Waals surface area (Å²) < 4.78 is 100. The number of hydrogen-bond donors (Lipinski definition) is 0. The molecule has 0 amide bonds. The van der Waals surface area contributed by atoms with Crippen molar-refractivity contribution in [1.82, 2.24) is 0 Å². The summed E-state index contributed by atoms with van der Waals surface area (Å²) in [5.74, 6) is 1.57. The molecule has 10 heteroatoms. The molecule has 2 aliphatic heterocycles. The van der Waals surface area contributed by atoms with Gasteiger partial charge in [0.1, 0.15) is 11.5 Å². The summed E-state index contributed by atoms with van der Waals surface area (Å²) >= 11 is 0. The molecule has 334 valence electrons. The van der Waals surface area contributed by atoms with Crippen molar-refractivity contribution >= 4 is 17.1 Å². The van der Waals surface area contributed by atoms with Gasteiger partial charge < -0.3 is 14.4 Å². The molecule has 0 saturated heterocycles. The van der Waals surface area contributed by atoms with Gasteiger partial charge in [0.05, 0.1) is 28.7 Å². The number of ether oxygens (including phenoxy) is 2. The van der Waals surface area contributed by atoms with Crippen molar-refractivity contribution in [2.75, 3.05) is 18.0 Å². The summed E-state index contributed by atoms with van der Waals surface area (Å²) in [7, 11) is 0. The van der Waals surface area contributed by atoms with Crippen molar-refractivity contribution in [1.29, 1.82) is 0 Å². The lowest BCUT2D eigenvalue weighted by Gasteiger charge is -2.37.